The number of benzene rings is 1. The Kier molecular flexibility index (Phi) is 5.36. The number of hydrogen-bond acceptors (Lipinski definition) is 5. The summed E-state index contributed by atoms with van der Waals surface area (Å²) in [6.45, 7) is 0. The highest BCUT2D eigenvalue weighted by atomic mass is 32.1. The molecule has 1 amide bonds. The average Bonchev–Trinajstić information content (AvgIpc) is 3.03. The van der Waals surface area contributed by atoms with Gasteiger partial charge in [-0.3, -0.25) is 4.79 Å². The molecule has 1 aliphatic carbocycles. The van der Waals surface area contributed by atoms with Gasteiger partial charge in [0.15, 0.2) is 0 Å². The second-order valence-electron chi connectivity index (χ2n) is 5.93. The Morgan fingerprint density at radius 2 is 2.12 bits per heavy atom. The van der Waals surface area contributed by atoms with Crippen LogP contribution in [0, 0.1) is 22.7 Å². The van der Waals surface area contributed by atoms with Gasteiger partial charge >= 0.3 is 0 Å². The van der Waals surface area contributed by atoms with Crippen LogP contribution < -0.4 is 10.1 Å². The molecule has 2 aromatic rings. The van der Waals surface area contributed by atoms with Gasteiger partial charge in [0.25, 0.3) is 5.91 Å². The van der Waals surface area contributed by atoms with Gasteiger partial charge in [-0.1, -0.05) is 12.1 Å². The number of carbonyl (C=O) groups excluding carboxylic acids is 1. The van der Waals surface area contributed by atoms with E-state index in [1.54, 1.807) is 31.4 Å². The van der Waals surface area contributed by atoms with Crippen molar-refractivity contribution in [3.63, 3.8) is 0 Å². The van der Waals surface area contributed by atoms with Crippen LogP contribution in [-0.2, 0) is 17.6 Å². The van der Waals surface area contributed by atoms with Gasteiger partial charge in [-0.25, -0.2) is 0 Å². The molecule has 0 radical (unpaired) electrons. The zero-order chi connectivity index (χ0) is 18.5. The number of methoxy groups -OCH3 is 1. The number of nitrogens with zero attached hydrogens (tertiary/aromatic N) is 2. The summed E-state index contributed by atoms with van der Waals surface area (Å²) < 4.78 is 5.16. The van der Waals surface area contributed by atoms with Crippen molar-refractivity contribution in [2.45, 2.75) is 25.7 Å². The molecule has 0 bridgehead atoms. The molecule has 130 valence electrons. The van der Waals surface area contributed by atoms with E-state index in [1.807, 2.05) is 6.07 Å². The van der Waals surface area contributed by atoms with Crippen molar-refractivity contribution in [2.75, 3.05) is 12.4 Å². The van der Waals surface area contributed by atoms with E-state index in [2.05, 4.69) is 11.4 Å². The number of carbonyl (C=O) groups is 1. The smallest absolute Gasteiger partial charge is 0.266 e. The molecule has 0 saturated carbocycles. The van der Waals surface area contributed by atoms with Gasteiger partial charge in [0.05, 0.1) is 12.7 Å². The zero-order valence-corrected chi connectivity index (χ0v) is 15.2. The molecule has 0 aliphatic heterocycles. The average molecular weight is 363 g/mol. The highest BCUT2D eigenvalue weighted by Crippen LogP contribution is 2.37. The number of nitrogens with one attached hydrogen (secondary N) is 1. The molecule has 26 heavy (non-hydrogen) atoms. The van der Waals surface area contributed by atoms with Crippen molar-refractivity contribution in [1.82, 2.24) is 0 Å². The number of hydrogen-bond donors (Lipinski definition) is 1. The third-order valence-electron chi connectivity index (χ3n) is 4.28. The number of aryl methyl sites for hydroxylation is 1. The molecule has 0 fully saturated rings. The lowest BCUT2D eigenvalue weighted by atomic mass is 9.96. The first-order valence-electron chi connectivity index (χ1n) is 8.28. The minimum Gasteiger partial charge on any atom is -0.497 e. The third-order valence-corrected chi connectivity index (χ3v) is 5.49. The number of amides is 1. The zero-order valence-electron chi connectivity index (χ0n) is 14.3. The molecule has 5 nitrogen and oxygen atoms in total. The van der Waals surface area contributed by atoms with Gasteiger partial charge in [-0.05, 0) is 55.0 Å². The van der Waals surface area contributed by atoms with E-state index in [0.717, 1.165) is 31.2 Å². The monoisotopic (exact) mass is 363 g/mol. The Bertz CT molecular complexity index is 960. The minimum absolute atomic E-state index is 0.0199. The molecule has 0 spiro atoms. The van der Waals surface area contributed by atoms with Crippen molar-refractivity contribution in [2.24, 2.45) is 0 Å². The second-order valence-corrected chi connectivity index (χ2v) is 7.03. The summed E-state index contributed by atoms with van der Waals surface area (Å²) >= 11 is 1.44. The van der Waals surface area contributed by atoms with Gasteiger partial charge in [-0.2, -0.15) is 10.5 Å². The maximum absolute atomic E-state index is 12.5. The van der Waals surface area contributed by atoms with Crippen molar-refractivity contribution in [3.8, 4) is 17.9 Å². The molecule has 3 rings (SSSR count). The quantitative estimate of drug-likeness (QED) is 0.656. The molecule has 1 heterocycles. The molecule has 0 saturated heterocycles. The second kappa shape index (κ2) is 7.86. The Morgan fingerprint density at radius 3 is 2.85 bits per heavy atom. The fourth-order valence-corrected chi connectivity index (χ4v) is 4.22. The maximum Gasteiger partial charge on any atom is 0.266 e. The largest absolute Gasteiger partial charge is 0.497 e. The van der Waals surface area contributed by atoms with E-state index in [9.17, 15) is 15.3 Å². The minimum atomic E-state index is -0.509. The molecule has 0 atom stereocenters. The Hall–Kier alpha value is -3.09. The van der Waals surface area contributed by atoms with Gasteiger partial charge in [-0.15, -0.1) is 11.3 Å². The summed E-state index contributed by atoms with van der Waals surface area (Å²) in [5, 5.41) is 22.1. The summed E-state index contributed by atoms with van der Waals surface area (Å²) in [6, 6.07) is 11.3. The van der Waals surface area contributed by atoms with E-state index in [-0.39, 0.29) is 5.57 Å². The van der Waals surface area contributed by atoms with Crippen molar-refractivity contribution in [3.05, 3.63) is 51.4 Å². The fourth-order valence-electron chi connectivity index (χ4n) is 2.99. The number of nitriles is 2. The molecule has 6 heteroatoms. The van der Waals surface area contributed by atoms with Crippen molar-refractivity contribution < 1.29 is 9.53 Å². The van der Waals surface area contributed by atoms with Gasteiger partial charge in [0.1, 0.15) is 28.5 Å². The summed E-state index contributed by atoms with van der Waals surface area (Å²) in [5.41, 5.74) is 2.27. The van der Waals surface area contributed by atoms with E-state index in [1.165, 1.54) is 22.3 Å². The normalized spacial score (nSPS) is 13.3. The fraction of sp³-hybridized carbons (Fsp3) is 0.250. The number of thiophene rings is 1. The van der Waals surface area contributed by atoms with E-state index >= 15 is 0 Å². The summed E-state index contributed by atoms with van der Waals surface area (Å²) in [4.78, 5) is 13.7. The molecular formula is C20H17N3O2S. The highest BCUT2D eigenvalue weighted by molar-refractivity contribution is 7.16. The molecule has 1 aromatic carbocycles. The Morgan fingerprint density at radius 1 is 1.31 bits per heavy atom. The highest BCUT2D eigenvalue weighted by Gasteiger charge is 2.22. The number of ether oxygens (including phenoxy) is 1. The first kappa shape index (κ1) is 17.7. The van der Waals surface area contributed by atoms with Crippen LogP contribution >= 0.6 is 11.3 Å². The topological polar surface area (TPSA) is 85.9 Å². The van der Waals surface area contributed by atoms with Crippen LogP contribution in [0.2, 0.25) is 0 Å². The summed E-state index contributed by atoms with van der Waals surface area (Å²) in [7, 11) is 1.56. The first-order chi connectivity index (χ1) is 12.7. The van der Waals surface area contributed by atoms with E-state index < -0.39 is 5.91 Å². The number of anilines is 1. The van der Waals surface area contributed by atoms with Crippen LogP contribution in [0.5, 0.6) is 5.75 Å². The van der Waals surface area contributed by atoms with Crippen LogP contribution in [0.1, 0.15) is 34.4 Å². The van der Waals surface area contributed by atoms with Crippen LogP contribution in [0.3, 0.4) is 0 Å². The van der Waals surface area contributed by atoms with E-state index in [4.69, 9.17) is 4.74 Å². The standard InChI is InChI=1S/C20H17N3O2S/c1-25-15-6-4-5-13(10-15)9-14(11-21)19(24)23-20-17(12-22)16-7-2-3-8-18(16)26-20/h4-6,9-10H,2-3,7-8H2,1H3,(H,23,24). The number of fused-ring (bicyclic) bond motifs is 1. The lowest BCUT2D eigenvalue weighted by molar-refractivity contribution is -0.112. The predicted octanol–water partition coefficient (Wildman–Crippen LogP) is 4.05. The van der Waals surface area contributed by atoms with E-state index in [0.29, 0.717) is 21.9 Å². The SMILES string of the molecule is COc1cccc(C=C(C#N)C(=O)Nc2sc3c(c2C#N)CCCC3)c1. The van der Waals surface area contributed by atoms with Crippen LogP contribution in [0.25, 0.3) is 6.08 Å². The summed E-state index contributed by atoms with van der Waals surface area (Å²) in [6.07, 6.45) is 5.48. The summed E-state index contributed by atoms with van der Waals surface area (Å²) in [5.74, 6) is 0.138. The predicted molar refractivity (Wildman–Crippen MR) is 101 cm³/mol. The lowest BCUT2D eigenvalue weighted by Gasteiger charge is -2.09. The number of rotatable bonds is 4. The Balaban J connectivity index is 1.87. The maximum atomic E-state index is 12.5. The van der Waals surface area contributed by atoms with Gasteiger partial charge in [0.2, 0.25) is 0 Å². The van der Waals surface area contributed by atoms with Crippen LogP contribution in [0.4, 0.5) is 5.00 Å². The lowest BCUT2D eigenvalue weighted by Crippen LogP contribution is -2.13. The third kappa shape index (κ3) is 3.61. The molecule has 0 unspecified atom stereocenters. The Labute approximate surface area is 156 Å². The first-order valence-corrected chi connectivity index (χ1v) is 9.09. The van der Waals surface area contributed by atoms with Crippen LogP contribution in [0.15, 0.2) is 29.8 Å². The molecule has 1 aliphatic rings. The van der Waals surface area contributed by atoms with Crippen molar-refractivity contribution in [1.29, 1.82) is 10.5 Å². The van der Waals surface area contributed by atoms with Crippen LogP contribution in [-0.4, -0.2) is 13.0 Å². The van der Waals surface area contributed by atoms with Crippen molar-refractivity contribution >= 4 is 28.3 Å². The van der Waals surface area contributed by atoms with Gasteiger partial charge in [0, 0.05) is 4.88 Å². The van der Waals surface area contributed by atoms with Gasteiger partial charge < -0.3 is 10.1 Å². The molecule has 1 N–H and O–H groups in total. The molecular weight excluding hydrogens is 346 g/mol. The molecule has 1 aromatic heterocycles.